The molecule has 0 aromatic carbocycles. The quantitative estimate of drug-likeness (QED) is 0.866. The van der Waals surface area contributed by atoms with Crippen molar-refractivity contribution < 1.29 is 14.1 Å². The lowest BCUT2D eigenvalue weighted by Gasteiger charge is -2.33. The van der Waals surface area contributed by atoms with Crippen LogP contribution in [0, 0.1) is 30.6 Å². The van der Waals surface area contributed by atoms with Gasteiger partial charge in [-0.05, 0) is 69.6 Å². The van der Waals surface area contributed by atoms with Crippen LogP contribution in [-0.4, -0.2) is 29.1 Å². The zero-order valence-corrected chi connectivity index (χ0v) is 15.7. The van der Waals surface area contributed by atoms with Crippen LogP contribution in [0.3, 0.4) is 0 Å². The third kappa shape index (κ3) is 3.64. The maximum absolute atomic E-state index is 12.8. The summed E-state index contributed by atoms with van der Waals surface area (Å²) in [5.74, 6) is 2.99. The molecule has 26 heavy (non-hydrogen) atoms. The van der Waals surface area contributed by atoms with E-state index in [2.05, 4.69) is 22.7 Å². The van der Waals surface area contributed by atoms with Crippen molar-refractivity contribution in [1.29, 1.82) is 0 Å². The van der Waals surface area contributed by atoms with Crippen molar-refractivity contribution in [3.05, 3.63) is 17.5 Å². The highest BCUT2D eigenvalue weighted by Gasteiger charge is 2.47. The largest absolute Gasteiger partial charge is 0.361 e. The predicted molar refractivity (Wildman–Crippen MR) is 96.4 cm³/mol. The van der Waals surface area contributed by atoms with Crippen molar-refractivity contribution in [3.8, 4) is 0 Å². The van der Waals surface area contributed by atoms with Crippen molar-refractivity contribution in [2.24, 2.45) is 23.7 Å². The Hall–Kier alpha value is -1.85. The molecule has 0 radical (unpaired) electrons. The van der Waals surface area contributed by atoms with Gasteiger partial charge in [-0.1, -0.05) is 12.1 Å². The van der Waals surface area contributed by atoms with Gasteiger partial charge in [0.15, 0.2) is 0 Å². The van der Waals surface area contributed by atoms with E-state index in [0.29, 0.717) is 17.2 Å². The lowest BCUT2D eigenvalue weighted by Crippen LogP contribution is -2.48. The zero-order valence-electron chi connectivity index (χ0n) is 15.7. The lowest BCUT2D eigenvalue weighted by atomic mass is 9.79. The van der Waals surface area contributed by atoms with Gasteiger partial charge < -0.3 is 15.2 Å². The molecule has 6 nitrogen and oxygen atoms in total. The molecule has 0 bridgehead atoms. The average Bonchev–Trinajstić information content (AvgIpc) is 3.22. The van der Waals surface area contributed by atoms with Gasteiger partial charge in [-0.3, -0.25) is 9.59 Å². The number of aromatic nitrogens is 1. The highest BCUT2D eigenvalue weighted by Crippen LogP contribution is 2.53. The predicted octanol–water partition coefficient (Wildman–Crippen LogP) is 2.82. The highest BCUT2D eigenvalue weighted by atomic mass is 16.5. The minimum Gasteiger partial charge on any atom is -0.361 e. The first-order valence-corrected chi connectivity index (χ1v) is 10.0. The lowest BCUT2D eigenvalue weighted by molar-refractivity contribution is -0.128. The van der Waals surface area contributed by atoms with Crippen LogP contribution >= 0.6 is 0 Å². The highest BCUT2D eigenvalue weighted by molar-refractivity contribution is 5.94. The Labute approximate surface area is 154 Å². The molecule has 142 valence electrons. The molecule has 3 fully saturated rings. The second kappa shape index (κ2) is 7.05. The van der Waals surface area contributed by atoms with Crippen LogP contribution in [0.4, 0.5) is 0 Å². The molecular formula is C20H29N3O3. The van der Waals surface area contributed by atoms with Crippen LogP contribution in [0.15, 0.2) is 10.7 Å². The van der Waals surface area contributed by atoms with E-state index >= 15 is 0 Å². The maximum Gasteiger partial charge on any atom is 0.256 e. The van der Waals surface area contributed by atoms with Gasteiger partial charge in [0.05, 0.1) is 6.20 Å². The Balaban J connectivity index is 1.30. The summed E-state index contributed by atoms with van der Waals surface area (Å²) in [7, 11) is 0. The van der Waals surface area contributed by atoms with Crippen LogP contribution in [0.2, 0.25) is 0 Å². The second-order valence-corrected chi connectivity index (χ2v) is 8.65. The first-order chi connectivity index (χ1) is 12.5. The number of aryl methyl sites for hydroxylation is 1. The summed E-state index contributed by atoms with van der Waals surface area (Å²) in [5, 5.41) is 10.0. The molecule has 3 saturated carbocycles. The van der Waals surface area contributed by atoms with Crippen molar-refractivity contribution in [1.82, 2.24) is 15.8 Å². The topological polar surface area (TPSA) is 84.2 Å². The number of nitrogens with one attached hydrogen (secondary N) is 2. The minimum atomic E-state index is -0.138. The summed E-state index contributed by atoms with van der Waals surface area (Å²) in [4.78, 5) is 25.1. The third-order valence-electron chi connectivity index (χ3n) is 6.68. The number of nitrogens with zero attached hydrogens (tertiary/aromatic N) is 1. The molecule has 2 N–H and O–H groups in total. The van der Waals surface area contributed by atoms with Crippen LogP contribution < -0.4 is 10.6 Å². The molecule has 3 aliphatic carbocycles. The number of hydrogen-bond acceptors (Lipinski definition) is 4. The molecule has 1 heterocycles. The Kier molecular flexibility index (Phi) is 4.76. The van der Waals surface area contributed by atoms with Gasteiger partial charge in [-0.2, -0.15) is 0 Å². The van der Waals surface area contributed by atoms with Gasteiger partial charge in [0.2, 0.25) is 5.91 Å². The van der Waals surface area contributed by atoms with Crippen molar-refractivity contribution >= 4 is 11.8 Å². The van der Waals surface area contributed by atoms with Crippen LogP contribution in [-0.2, 0) is 4.79 Å². The van der Waals surface area contributed by atoms with Gasteiger partial charge >= 0.3 is 0 Å². The van der Waals surface area contributed by atoms with Crippen molar-refractivity contribution in [3.63, 3.8) is 0 Å². The normalized spacial score (nSPS) is 36.1. The summed E-state index contributed by atoms with van der Waals surface area (Å²) < 4.78 is 4.97. The van der Waals surface area contributed by atoms with Gasteiger partial charge in [0.25, 0.3) is 5.91 Å². The van der Waals surface area contributed by atoms with Gasteiger partial charge in [-0.15, -0.1) is 0 Å². The van der Waals surface area contributed by atoms with Gasteiger partial charge in [0, 0.05) is 18.0 Å². The summed E-state index contributed by atoms with van der Waals surface area (Å²) in [6.07, 6.45) is 8.83. The first kappa shape index (κ1) is 17.6. The molecule has 3 aliphatic rings. The van der Waals surface area contributed by atoms with Crippen molar-refractivity contribution in [2.75, 3.05) is 0 Å². The van der Waals surface area contributed by atoms with E-state index in [4.69, 9.17) is 4.52 Å². The second-order valence-electron chi connectivity index (χ2n) is 8.65. The fourth-order valence-electron chi connectivity index (χ4n) is 4.99. The van der Waals surface area contributed by atoms with Crippen LogP contribution in [0.25, 0.3) is 0 Å². The van der Waals surface area contributed by atoms with Crippen LogP contribution in [0.5, 0.6) is 0 Å². The van der Waals surface area contributed by atoms with E-state index in [9.17, 15) is 9.59 Å². The Morgan fingerprint density at radius 3 is 2.54 bits per heavy atom. The standard InChI is InChI=1S/C20H29N3O3/c1-11-6-13-7-14(13)8-17(11)19(24)22-15-4-3-5-16(9-15)23-20(25)18-10-21-26-12(18)2/h10-11,13-17H,3-9H2,1-2H3,(H,22,24)(H,23,25). The molecule has 2 amide bonds. The van der Waals surface area contributed by atoms with E-state index < -0.39 is 0 Å². The summed E-state index contributed by atoms with van der Waals surface area (Å²) >= 11 is 0. The average molecular weight is 359 g/mol. The summed E-state index contributed by atoms with van der Waals surface area (Å²) in [6, 6.07) is 0.252. The molecule has 6 atom stereocenters. The molecule has 6 heteroatoms. The van der Waals surface area contributed by atoms with E-state index in [1.807, 2.05) is 0 Å². The molecule has 0 saturated heterocycles. The molecule has 1 aromatic rings. The summed E-state index contributed by atoms with van der Waals surface area (Å²) in [6.45, 7) is 3.96. The number of hydrogen-bond donors (Lipinski definition) is 2. The van der Waals surface area contributed by atoms with E-state index in [1.54, 1.807) is 6.92 Å². The maximum atomic E-state index is 12.8. The number of rotatable bonds is 4. The van der Waals surface area contributed by atoms with E-state index in [-0.39, 0.29) is 29.8 Å². The number of amides is 2. The fourth-order valence-corrected chi connectivity index (χ4v) is 4.99. The molecule has 4 rings (SSSR count). The first-order valence-electron chi connectivity index (χ1n) is 10.0. The van der Waals surface area contributed by atoms with Crippen LogP contribution in [0.1, 0.15) is 68.0 Å². The Morgan fingerprint density at radius 1 is 1.08 bits per heavy atom. The number of fused-ring (bicyclic) bond motifs is 1. The molecule has 0 spiro atoms. The third-order valence-corrected chi connectivity index (χ3v) is 6.68. The van der Waals surface area contributed by atoms with Gasteiger partial charge in [-0.25, -0.2) is 0 Å². The molecule has 0 aliphatic heterocycles. The SMILES string of the molecule is Cc1oncc1C(=O)NC1CCCC(NC(=O)C2CC3CC3CC2C)C1. The van der Waals surface area contributed by atoms with Gasteiger partial charge in [0.1, 0.15) is 11.3 Å². The Morgan fingerprint density at radius 2 is 1.81 bits per heavy atom. The number of carbonyl (C=O) groups excluding carboxylic acids is 2. The molecular weight excluding hydrogens is 330 g/mol. The van der Waals surface area contributed by atoms with Crippen molar-refractivity contribution in [2.45, 2.75) is 70.9 Å². The number of carbonyl (C=O) groups is 2. The zero-order chi connectivity index (χ0) is 18.3. The van der Waals surface area contributed by atoms with E-state index in [0.717, 1.165) is 43.9 Å². The monoisotopic (exact) mass is 359 g/mol. The summed E-state index contributed by atoms with van der Waals surface area (Å²) in [5.41, 5.74) is 0.492. The van der Waals surface area contributed by atoms with E-state index in [1.165, 1.54) is 19.0 Å². The smallest absolute Gasteiger partial charge is 0.256 e. The Bertz CT molecular complexity index is 686. The molecule has 6 unspecified atom stereocenters. The molecule has 1 aromatic heterocycles. The fraction of sp³-hybridized carbons (Fsp3) is 0.750. The minimum absolute atomic E-state index is 0.0902.